The molecule has 0 aromatic heterocycles. The van der Waals surface area contributed by atoms with Crippen molar-refractivity contribution in [2.45, 2.75) is 12.3 Å². The fraction of sp³-hybridized carbons (Fsp3) is 0.174. The molecule has 3 nitrogen and oxygen atoms in total. The largest absolute Gasteiger partial charge is 0.497 e. The molecule has 0 saturated carbocycles. The molecule has 3 aromatic rings. The molecular formula is C23H22O3. The van der Waals surface area contributed by atoms with Crippen LogP contribution >= 0.6 is 0 Å². The second-order valence-corrected chi connectivity index (χ2v) is 6.10. The molecule has 0 aliphatic carbocycles. The van der Waals surface area contributed by atoms with Crippen molar-refractivity contribution in [3.8, 4) is 11.5 Å². The Hall–Kier alpha value is -3.07. The Morgan fingerprint density at radius 1 is 0.769 bits per heavy atom. The van der Waals surface area contributed by atoms with Gasteiger partial charge in [-0.2, -0.15) is 0 Å². The summed E-state index contributed by atoms with van der Waals surface area (Å²) in [5.41, 5.74) is 2.87. The molecule has 0 spiro atoms. The highest BCUT2D eigenvalue weighted by Crippen LogP contribution is 2.31. The first-order valence-electron chi connectivity index (χ1n) is 8.57. The van der Waals surface area contributed by atoms with Crippen LogP contribution in [0, 0.1) is 0 Å². The van der Waals surface area contributed by atoms with Gasteiger partial charge in [0.2, 0.25) is 0 Å². The first-order chi connectivity index (χ1) is 12.7. The maximum atomic E-state index is 12.9. The summed E-state index contributed by atoms with van der Waals surface area (Å²) in [6.45, 7) is 0. The smallest absolute Gasteiger partial charge is 0.163 e. The summed E-state index contributed by atoms with van der Waals surface area (Å²) < 4.78 is 10.5. The van der Waals surface area contributed by atoms with Gasteiger partial charge in [-0.05, 0) is 47.5 Å². The van der Waals surface area contributed by atoms with Crippen molar-refractivity contribution >= 4 is 5.78 Å². The van der Waals surface area contributed by atoms with Crippen LogP contribution in [0.2, 0.25) is 0 Å². The van der Waals surface area contributed by atoms with Crippen molar-refractivity contribution in [2.75, 3.05) is 14.2 Å². The summed E-state index contributed by atoms with van der Waals surface area (Å²) in [6.07, 6.45) is 0.392. The molecule has 1 atom stereocenters. The molecule has 3 rings (SSSR count). The van der Waals surface area contributed by atoms with E-state index in [2.05, 4.69) is 12.1 Å². The van der Waals surface area contributed by atoms with Crippen LogP contribution in [0.25, 0.3) is 0 Å². The zero-order chi connectivity index (χ0) is 18.4. The molecule has 0 unspecified atom stereocenters. The standard InChI is InChI=1S/C23H22O3/c1-25-20-13-11-18(12-14-20)23(24)16-22(17-7-4-3-5-8-17)19-9-6-10-21(15-19)26-2/h3-15,22H,16H2,1-2H3/t22-/m0/s1. The number of carbonyl (C=O) groups is 1. The van der Waals surface area contributed by atoms with E-state index in [-0.39, 0.29) is 11.7 Å². The topological polar surface area (TPSA) is 35.5 Å². The number of ether oxygens (including phenoxy) is 2. The van der Waals surface area contributed by atoms with E-state index in [1.165, 1.54) is 0 Å². The lowest BCUT2D eigenvalue weighted by Crippen LogP contribution is -2.09. The van der Waals surface area contributed by atoms with Gasteiger partial charge >= 0.3 is 0 Å². The fourth-order valence-electron chi connectivity index (χ4n) is 3.05. The zero-order valence-electron chi connectivity index (χ0n) is 15.0. The predicted molar refractivity (Wildman–Crippen MR) is 103 cm³/mol. The SMILES string of the molecule is COc1ccc(C(=O)C[C@@H](c2ccccc2)c2cccc(OC)c2)cc1. The van der Waals surface area contributed by atoms with Gasteiger partial charge in [0.15, 0.2) is 5.78 Å². The number of hydrogen-bond acceptors (Lipinski definition) is 3. The molecule has 3 heteroatoms. The molecular weight excluding hydrogens is 324 g/mol. The normalized spacial score (nSPS) is 11.6. The van der Waals surface area contributed by atoms with Gasteiger partial charge in [-0.1, -0.05) is 42.5 Å². The van der Waals surface area contributed by atoms with Crippen LogP contribution in [0.4, 0.5) is 0 Å². The van der Waals surface area contributed by atoms with Gasteiger partial charge in [0.1, 0.15) is 11.5 Å². The second-order valence-electron chi connectivity index (χ2n) is 6.10. The molecule has 0 aliphatic rings. The van der Waals surface area contributed by atoms with Crippen LogP contribution in [-0.4, -0.2) is 20.0 Å². The number of hydrogen-bond donors (Lipinski definition) is 0. The minimum atomic E-state index is -0.0269. The highest BCUT2D eigenvalue weighted by atomic mass is 16.5. The quantitative estimate of drug-likeness (QED) is 0.558. The lowest BCUT2D eigenvalue weighted by Gasteiger charge is -2.18. The van der Waals surface area contributed by atoms with E-state index in [1.807, 2.05) is 66.7 Å². The van der Waals surface area contributed by atoms with Crippen LogP contribution in [0.5, 0.6) is 11.5 Å². The third-order valence-electron chi connectivity index (χ3n) is 4.50. The lowest BCUT2D eigenvalue weighted by atomic mass is 9.85. The maximum absolute atomic E-state index is 12.9. The minimum absolute atomic E-state index is 0.0269. The van der Waals surface area contributed by atoms with Crippen molar-refractivity contribution < 1.29 is 14.3 Å². The van der Waals surface area contributed by atoms with Crippen LogP contribution in [0.15, 0.2) is 78.9 Å². The number of rotatable bonds is 7. The number of carbonyl (C=O) groups excluding carboxylic acids is 1. The Kier molecular flexibility index (Phi) is 5.69. The van der Waals surface area contributed by atoms with Crippen molar-refractivity contribution in [3.63, 3.8) is 0 Å². The highest BCUT2D eigenvalue weighted by molar-refractivity contribution is 5.97. The van der Waals surface area contributed by atoms with E-state index in [9.17, 15) is 4.79 Å². The van der Waals surface area contributed by atoms with Crippen molar-refractivity contribution in [3.05, 3.63) is 95.6 Å². The van der Waals surface area contributed by atoms with E-state index in [0.29, 0.717) is 12.0 Å². The summed E-state index contributed by atoms with van der Waals surface area (Å²) in [4.78, 5) is 12.9. The van der Waals surface area contributed by atoms with Crippen LogP contribution in [-0.2, 0) is 0 Å². The van der Waals surface area contributed by atoms with Gasteiger partial charge in [0.05, 0.1) is 14.2 Å². The molecule has 0 heterocycles. The molecule has 0 bridgehead atoms. The Morgan fingerprint density at radius 3 is 2.08 bits per heavy atom. The third kappa shape index (κ3) is 4.12. The fourth-order valence-corrected chi connectivity index (χ4v) is 3.05. The lowest BCUT2D eigenvalue weighted by molar-refractivity contribution is 0.0977. The third-order valence-corrected chi connectivity index (χ3v) is 4.50. The molecule has 132 valence electrons. The number of methoxy groups -OCH3 is 2. The monoisotopic (exact) mass is 346 g/mol. The van der Waals surface area contributed by atoms with Gasteiger partial charge in [0, 0.05) is 17.9 Å². The summed E-state index contributed by atoms with van der Waals surface area (Å²) in [5.74, 6) is 1.61. The molecule has 0 radical (unpaired) electrons. The van der Waals surface area contributed by atoms with Gasteiger partial charge in [-0.15, -0.1) is 0 Å². The van der Waals surface area contributed by atoms with Crippen molar-refractivity contribution in [1.82, 2.24) is 0 Å². The van der Waals surface area contributed by atoms with Crippen molar-refractivity contribution in [2.24, 2.45) is 0 Å². The van der Waals surface area contributed by atoms with Gasteiger partial charge < -0.3 is 9.47 Å². The summed E-state index contributed by atoms with van der Waals surface area (Å²) in [5, 5.41) is 0. The molecule has 0 saturated heterocycles. The van der Waals surface area contributed by atoms with Gasteiger partial charge in [-0.25, -0.2) is 0 Å². The van der Waals surface area contributed by atoms with E-state index >= 15 is 0 Å². The Morgan fingerprint density at radius 2 is 1.42 bits per heavy atom. The van der Waals surface area contributed by atoms with Crippen LogP contribution < -0.4 is 9.47 Å². The number of ketones is 1. The molecule has 26 heavy (non-hydrogen) atoms. The van der Waals surface area contributed by atoms with Gasteiger partial charge in [-0.3, -0.25) is 4.79 Å². The van der Waals surface area contributed by atoms with E-state index in [0.717, 1.165) is 22.6 Å². The van der Waals surface area contributed by atoms with Gasteiger partial charge in [0.25, 0.3) is 0 Å². The summed E-state index contributed by atoms with van der Waals surface area (Å²) in [7, 11) is 3.27. The molecule has 3 aromatic carbocycles. The average molecular weight is 346 g/mol. The van der Waals surface area contributed by atoms with E-state index < -0.39 is 0 Å². The number of benzene rings is 3. The summed E-state index contributed by atoms with van der Waals surface area (Å²) >= 11 is 0. The van der Waals surface area contributed by atoms with E-state index in [1.54, 1.807) is 14.2 Å². The first kappa shape index (κ1) is 17.7. The maximum Gasteiger partial charge on any atom is 0.163 e. The average Bonchev–Trinajstić information content (AvgIpc) is 2.72. The number of Topliss-reactive ketones (excluding diaryl/α,β-unsaturated/α-hetero) is 1. The second kappa shape index (κ2) is 8.34. The van der Waals surface area contributed by atoms with Crippen molar-refractivity contribution in [1.29, 1.82) is 0 Å². The summed E-state index contributed by atoms with van der Waals surface area (Å²) in [6, 6.07) is 25.3. The van der Waals surface area contributed by atoms with Crippen LogP contribution in [0.3, 0.4) is 0 Å². The predicted octanol–water partition coefficient (Wildman–Crippen LogP) is 5.11. The zero-order valence-corrected chi connectivity index (χ0v) is 15.0. The molecule has 0 N–H and O–H groups in total. The molecule has 0 aliphatic heterocycles. The first-order valence-corrected chi connectivity index (χ1v) is 8.57. The Bertz CT molecular complexity index is 854. The molecule has 0 amide bonds. The Labute approximate surface area is 154 Å². The minimum Gasteiger partial charge on any atom is -0.497 e. The van der Waals surface area contributed by atoms with Crippen LogP contribution in [0.1, 0.15) is 33.8 Å². The Balaban J connectivity index is 1.91. The highest BCUT2D eigenvalue weighted by Gasteiger charge is 2.19. The molecule has 0 fully saturated rings. The van der Waals surface area contributed by atoms with E-state index in [4.69, 9.17) is 9.47 Å².